The predicted octanol–water partition coefficient (Wildman–Crippen LogP) is 2.08. The van der Waals surface area contributed by atoms with E-state index in [0.717, 1.165) is 26.2 Å². The van der Waals surface area contributed by atoms with E-state index in [0.29, 0.717) is 12.0 Å². The summed E-state index contributed by atoms with van der Waals surface area (Å²) in [6.07, 6.45) is 4.99. The Morgan fingerprint density at radius 1 is 1.62 bits per heavy atom. The van der Waals surface area contributed by atoms with E-state index in [1.54, 1.807) is 0 Å². The van der Waals surface area contributed by atoms with Gasteiger partial charge in [-0.15, -0.1) is 0 Å². The van der Waals surface area contributed by atoms with E-state index in [1.807, 2.05) is 12.4 Å². The summed E-state index contributed by atoms with van der Waals surface area (Å²) >= 11 is 0. The Bertz CT molecular complexity index is 334. The van der Waals surface area contributed by atoms with Crippen LogP contribution in [0.5, 0.6) is 0 Å². The van der Waals surface area contributed by atoms with E-state index in [-0.39, 0.29) is 0 Å². The number of nitrogens with zero attached hydrogens (tertiary/aromatic N) is 1. The molecule has 1 N–H and O–H groups in total. The van der Waals surface area contributed by atoms with Crippen molar-refractivity contribution in [3.63, 3.8) is 0 Å². The number of rotatable bonds is 4. The first-order valence-corrected chi connectivity index (χ1v) is 6.04. The second-order valence-electron chi connectivity index (χ2n) is 4.39. The molecule has 1 aromatic heterocycles. The van der Waals surface area contributed by atoms with Crippen LogP contribution in [0.4, 0.5) is 0 Å². The van der Waals surface area contributed by atoms with E-state index in [2.05, 4.69) is 30.2 Å². The number of aryl methyl sites for hydroxylation is 1. The monoisotopic (exact) mass is 220 g/mol. The lowest BCUT2D eigenvalue weighted by Gasteiger charge is -2.24. The summed E-state index contributed by atoms with van der Waals surface area (Å²) in [5.41, 5.74) is 2.63. The molecule has 1 fully saturated rings. The van der Waals surface area contributed by atoms with Crippen molar-refractivity contribution in [3.05, 3.63) is 29.6 Å². The third kappa shape index (κ3) is 2.42. The van der Waals surface area contributed by atoms with Crippen molar-refractivity contribution in [1.82, 2.24) is 10.3 Å². The van der Waals surface area contributed by atoms with Crippen molar-refractivity contribution in [2.24, 2.45) is 5.92 Å². The molecule has 0 bridgehead atoms. The van der Waals surface area contributed by atoms with Crippen LogP contribution >= 0.6 is 0 Å². The van der Waals surface area contributed by atoms with Crippen molar-refractivity contribution in [2.45, 2.75) is 26.3 Å². The first-order chi connectivity index (χ1) is 7.83. The molecule has 0 saturated carbocycles. The maximum atomic E-state index is 5.49. The minimum atomic E-state index is 0.390. The highest BCUT2D eigenvalue weighted by Crippen LogP contribution is 2.29. The van der Waals surface area contributed by atoms with E-state index in [1.165, 1.54) is 11.1 Å². The van der Waals surface area contributed by atoms with Gasteiger partial charge in [0.1, 0.15) is 0 Å². The normalized spacial score (nSPS) is 22.2. The van der Waals surface area contributed by atoms with Crippen LogP contribution in [0.25, 0.3) is 0 Å². The largest absolute Gasteiger partial charge is 0.381 e. The lowest BCUT2D eigenvalue weighted by Crippen LogP contribution is -2.29. The van der Waals surface area contributed by atoms with Gasteiger partial charge in [-0.3, -0.25) is 4.98 Å². The molecule has 16 heavy (non-hydrogen) atoms. The second kappa shape index (κ2) is 5.41. The van der Waals surface area contributed by atoms with Crippen molar-refractivity contribution in [1.29, 1.82) is 0 Å². The Balaban J connectivity index is 2.21. The highest BCUT2D eigenvalue weighted by atomic mass is 16.5. The van der Waals surface area contributed by atoms with Crippen LogP contribution in [0.3, 0.4) is 0 Å². The molecule has 0 aliphatic carbocycles. The van der Waals surface area contributed by atoms with Gasteiger partial charge in [-0.1, -0.05) is 6.92 Å². The molecule has 1 saturated heterocycles. The highest BCUT2D eigenvalue weighted by molar-refractivity contribution is 5.26. The van der Waals surface area contributed by atoms with Crippen LogP contribution in [0.15, 0.2) is 18.5 Å². The molecule has 0 radical (unpaired) electrons. The van der Waals surface area contributed by atoms with Gasteiger partial charge in [0.25, 0.3) is 0 Å². The summed E-state index contributed by atoms with van der Waals surface area (Å²) in [7, 11) is 0. The third-order valence-corrected chi connectivity index (χ3v) is 3.27. The number of nitrogens with one attached hydrogen (secondary N) is 1. The van der Waals surface area contributed by atoms with Crippen molar-refractivity contribution in [2.75, 3.05) is 19.8 Å². The molecule has 0 spiro atoms. The predicted molar refractivity (Wildman–Crippen MR) is 64.3 cm³/mol. The molecule has 88 valence electrons. The topological polar surface area (TPSA) is 34.2 Å². The first kappa shape index (κ1) is 11.6. The highest BCUT2D eigenvalue weighted by Gasteiger charge is 2.27. The first-order valence-electron chi connectivity index (χ1n) is 6.04. The van der Waals surface area contributed by atoms with Gasteiger partial charge in [0.2, 0.25) is 0 Å². The molecular formula is C13H20N2O. The standard InChI is InChI=1S/C13H20N2O/c1-3-15-13(11-5-7-16-9-11)12-8-14-6-4-10(12)2/h4,6,8,11,13,15H,3,5,7,9H2,1-2H3. The van der Waals surface area contributed by atoms with Crippen LogP contribution in [0.1, 0.15) is 30.5 Å². The van der Waals surface area contributed by atoms with E-state index >= 15 is 0 Å². The summed E-state index contributed by atoms with van der Waals surface area (Å²) < 4.78 is 5.49. The summed E-state index contributed by atoms with van der Waals surface area (Å²) in [6, 6.07) is 2.47. The third-order valence-electron chi connectivity index (χ3n) is 3.27. The lowest BCUT2D eigenvalue weighted by molar-refractivity contribution is 0.177. The Labute approximate surface area is 97.2 Å². The molecule has 2 rings (SSSR count). The molecule has 1 aromatic rings. The van der Waals surface area contributed by atoms with Gasteiger partial charge in [0.05, 0.1) is 6.61 Å². The smallest absolute Gasteiger partial charge is 0.0513 e. The number of aromatic nitrogens is 1. The van der Waals surface area contributed by atoms with Crippen molar-refractivity contribution >= 4 is 0 Å². The number of pyridine rings is 1. The van der Waals surface area contributed by atoms with Crippen LogP contribution in [0.2, 0.25) is 0 Å². The minimum absolute atomic E-state index is 0.390. The molecular weight excluding hydrogens is 200 g/mol. The minimum Gasteiger partial charge on any atom is -0.381 e. The van der Waals surface area contributed by atoms with E-state index in [4.69, 9.17) is 4.74 Å². The molecule has 3 heteroatoms. The molecule has 2 atom stereocenters. The number of ether oxygens (including phenoxy) is 1. The molecule has 0 amide bonds. The van der Waals surface area contributed by atoms with Gasteiger partial charge in [-0.2, -0.15) is 0 Å². The maximum absolute atomic E-state index is 5.49. The van der Waals surface area contributed by atoms with E-state index in [9.17, 15) is 0 Å². The van der Waals surface area contributed by atoms with Gasteiger partial charge in [-0.05, 0) is 37.1 Å². The van der Waals surface area contributed by atoms with Crippen LogP contribution in [-0.4, -0.2) is 24.7 Å². The Hall–Kier alpha value is -0.930. The Morgan fingerprint density at radius 3 is 3.12 bits per heavy atom. The average Bonchev–Trinajstić information content (AvgIpc) is 2.80. The van der Waals surface area contributed by atoms with Crippen molar-refractivity contribution in [3.8, 4) is 0 Å². The second-order valence-corrected chi connectivity index (χ2v) is 4.39. The zero-order valence-electron chi connectivity index (χ0n) is 10.1. The quantitative estimate of drug-likeness (QED) is 0.843. The van der Waals surface area contributed by atoms with Gasteiger partial charge >= 0.3 is 0 Å². The van der Waals surface area contributed by atoms with Gasteiger partial charge < -0.3 is 10.1 Å². The summed E-state index contributed by atoms with van der Waals surface area (Å²) in [6.45, 7) is 7.04. The molecule has 0 aromatic carbocycles. The van der Waals surface area contributed by atoms with Crippen LogP contribution in [0, 0.1) is 12.8 Å². The average molecular weight is 220 g/mol. The summed E-state index contributed by atoms with van der Waals surface area (Å²) in [5.74, 6) is 0.586. The fourth-order valence-electron chi connectivity index (χ4n) is 2.37. The van der Waals surface area contributed by atoms with E-state index < -0.39 is 0 Å². The SMILES string of the molecule is CCNC(c1cnccc1C)C1CCOC1. The number of hydrogen-bond acceptors (Lipinski definition) is 3. The van der Waals surface area contributed by atoms with Gasteiger partial charge in [0, 0.05) is 31.0 Å². The molecule has 1 aliphatic rings. The summed E-state index contributed by atoms with van der Waals surface area (Å²) in [5, 5.41) is 3.56. The summed E-state index contributed by atoms with van der Waals surface area (Å²) in [4.78, 5) is 4.24. The van der Waals surface area contributed by atoms with Crippen molar-refractivity contribution < 1.29 is 4.74 Å². The molecule has 1 aliphatic heterocycles. The molecule has 3 nitrogen and oxygen atoms in total. The Kier molecular flexibility index (Phi) is 3.91. The molecule has 2 unspecified atom stereocenters. The van der Waals surface area contributed by atoms with Crippen LogP contribution < -0.4 is 5.32 Å². The number of hydrogen-bond donors (Lipinski definition) is 1. The zero-order valence-corrected chi connectivity index (χ0v) is 10.1. The van der Waals surface area contributed by atoms with Gasteiger partial charge in [-0.25, -0.2) is 0 Å². The fraction of sp³-hybridized carbons (Fsp3) is 0.615. The van der Waals surface area contributed by atoms with Gasteiger partial charge in [0.15, 0.2) is 0 Å². The zero-order chi connectivity index (χ0) is 11.4. The van der Waals surface area contributed by atoms with Crippen LogP contribution in [-0.2, 0) is 4.74 Å². The lowest BCUT2D eigenvalue weighted by atomic mass is 9.91. The fourth-order valence-corrected chi connectivity index (χ4v) is 2.37. The maximum Gasteiger partial charge on any atom is 0.0513 e. The molecule has 2 heterocycles. The Morgan fingerprint density at radius 2 is 2.50 bits per heavy atom.